The molecule has 2 N–H and O–H groups in total. The molecule has 1 aromatic heterocycles. The van der Waals surface area contributed by atoms with Crippen molar-refractivity contribution in [2.75, 3.05) is 7.11 Å². The largest absolute Gasteiger partial charge is 0.371 e. The lowest BCUT2D eigenvalue weighted by Gasteiger charge is -2.27. The van der Waals surface area contributed by atoms with E-state index in [1.165, 1.54) is 0 Å². The fourth-order valence-corrected chi connectivity index (χ4v) is 2.99. The van der Waals surface area contributed by atoms with Gasteiger partial charge in [-0.3, -0.25) is 0 Å². The Labute approximate surface area is 95.7 Å². The van der Waals surface area contributed by atoms with Crippen LogP contribution in [0, 0.1) is 6.92 Å². The second-order valence-electron chi connectivity index (χ2n) is 3.64. The van der Waals surface area contributed by atoms with Crippen molar-refractivity contribution in [1.29, 1.82) is 0 Å². The highest BCUT2D eigenvalue weighted by Crippen LogP contribution is 2.36. The van der Waals surface area contributed by atoms with Gasteiger partial charge in [-0.15, -0.1) is 11.3 Å². The lowest BCUT2D eigenvalue weighted by atomic mass is 9.98. The van der Waals surface area contributed by atoms with Gasteiger partial charge in [0.25, 0.3) is 0 Å². The minimum absolute atomic E-state index is 0.219. The first-order chi connectivity index (χ1) is 7.13. The second kappa shape index (κ2) is 5.05. The Morgan fingerprint density at radius 2 is 2.00 bits per heavy atom. The Bertz CT molecular complexity index is 310. The Hall–Kier alpha value is -0.450. The smallest absolute Gasteiger partial charge is 0.125 e. The van der Waals surface area contributed by atoms with Gasteiger partial charge in [0.15, 0.2) is 0 Å². The molecule has 0 aliphatic carbocycles. The van der Waals surface area contributed by atoms with Gasteiger partial charge in [0.2, 0.25) is 0 Å². The molecule has 1 rings (SSSR count). The van der Waals surface area contributed by atoms with Crippen LogP contribution in [0.4, 0.5) is 0 Å². The molecule has 0 spiro atoms. The van der Waals surface area contributed by atoms with E-state index >= 15 is 0 Å². The van der Waals surface area contributed by atoms with Crippen LogP contribution in [0.25, 0.3) is 0 Å². The molecule has 0 saturated heterocycles. The maximum absolute atomic E-state index is 5.66. The summed E-state index contributed by atoms with van der Waals surface area (Å²) in [7, 11) is 1.76. The molecule has 0 unspecified atom stereocenters. The van der Waals surface area contributed by atoms with E-state index < -0.39 is 0 Å². The molecule has 15 heavy (non-hydrogen) atoms. The van der Waals surface area contributed by atoms with Crippen molar-refractivity contribution in [3.8, 4) is 0 Å². The molecule has 0 saturated carbocycles. The number of ether oxygens (including phenoxy) is 1. The third kappa shape index (κ3) is 2.22. The number of thiazole rings is 1. The number of nitrogens with two attached hydrogens (primary N) is 1. The second-order valence-corrected chi connectivity index (χ2v) is 4.72. The molecule has 0 aromatic carbocycles. The van der Waals surface area contributed by atoms with Crippen LogP contribution in [0.2, 0.25) is 0 Å². The van der Waals surface area contributed by atoms with Crippen LogP contribution in [0.3, 0.4) is 0 Å². The maximum Gasteiger partial charge on any atom is 0.125 e. The number of hydrogen-bond donors (Lipinski definition) is 1. The van der Waals surface area contributed by atoms with Gasteiger partial charge in [0.1, 0.15) is 10.6 Å². The van der Waals surface area contributed by atoms with E-state index in [4.69, 9.17) is 10.5 Å². The molecule has 3 nitrogen and oxygen atoms in total. The van der Waals surface area contributed by atoms with Gasteiger partial charge in [-0.25, -0.2) is 4.98 Å². The molecule has 4 heteroatoms. The minimum atomic E-state index is -0.219. The molecule has 1 aromatic rings. The monoisotopic (exact) mass is 228 g/mol. The standard InChI is InChI=1S/C11H20N2OS/c1-5-11(6-2,14-4)10-13-8(3)9(7-12)15-10/h5-7,12H2,1-4H3. The fourth-order valence-electron chi connectivity index (χ4n) is 1.74. The summed E-state index contributed by atoms with van der Waals surface area (Å²) < 4.78 is 5.64. The van der Waals surface area contributed by atoms with Crippen molar-refractivity contribution in [3.63, 3.8) is 0 Å². The highest BCUT2D eigenvalue weighted by molar-refractivity contribution is 7.11. The SMILES string of the molecule is CCC(CC)(OC)c1nc(C)c(CN)s1. The quantitative estimate of drug-likeness (QED) is 0.842. The van der Waals surface area contributed by atoms with Crippen LogP contribution >= 0.6 is 11.3 Å². The summed E-state index contributed by atoms with van der Waals surface area (Å²) in [5, 5.41) is 1.06. The first-order valence-corrected chi connectivity index (χ1v) is 6.17. The zero-order valence-electron chi connectivity index (χ0n) is 9.96. The lowest BCUT2D eigenvalue weighted by molar-refractivity contribution is -0.0219. The van der Waals surface area contributed by atoms with E-state index in [1.54, 1.807) is 18.4 Å². The Balaban J connectivity index is 3.11. The Kier molecular flexibility index (Phi) is 4.25. The summed E-state index contributed by atoms with van der Waals surface area (Å²) in [4.78, 5) is 5.74. The van der Waals surface area contributed by atoms with E-state index in [0.29, 0.717) is 6.54 Å². The molecule has 0 aliphatic rings. The lowest BCUT2D eigenvalue weighted by Crippen LogP contribution is -2.26. The number of methoxy groups -OCH3 is 1. The summed E-state index contributed by atoms with van der Waals surface area (Å²) in [6.45, 7) is 6.84. The highest BCUT2D eigenvalue weighted by atomic mass is 32.1. The van der Waals surface area contributed by atoms with E-state index in [-0.39, 0.29) is 5.60 Å². The number of aryl methyl sites for hydroxylation is 1. The van der Waals surface area contributed by atoms with Gasteiger partial charge < -0.3 is 10.5 Å². The Morgan fingerprint density at radius 1 is 1.40 bits per heavy atom. The van der Waals surface area contributed by atoms with Crippen molar-refractivity contribution in [1.82, 2.24) is 4.98 Å². The topological polar surface area (TPSA) is 48.1 Å². The minimum Gasteiger partial charge on any atom is -0.371 e. The van der Waals surface area contributed by atoms with Gasteiger partial charge in [-0.05, 0) is 19.8 Å². The van der Waals surface area contributed by atoms with Gasteiger partial charge in [-0.1, -0.05) is 13.8 Å². The molecule has 0 amide bonds. The molecular weight excluding hydrogens is 208 g/mol. The number of hydrogen-bond acceptors (Lipinski definition) is 4. The average molecular weight is 228 g/mol. The summed E-state index contributed by atoms with van der Waals surface area (Å²) in [5.41, 5.74) is 6.48. The Morgan fingerprint density at radius 3 is 2.33 bits per heavy atom. The van der Waals surface area contributed by atoms with Crippen molar-refractivity contribution in [2.45, 2.75) is 45.8 Å². The van der Waals surface area contributed by atoms with Crippen LogP contribution in [0.15, 0.2) is 0 Å². The molecular formula is C11H20N2OS. The normalized spacial score (nSPS) is 12.1. The predicted molar refractivity (Wildman–Crippen MR) is 64.0 cm³/mol. The van der Waals surface area contributed by atoms with Gasteiger partial charge in [0, 0.05) is 18.5 Å². The number of nitrogens with zero attached hydrogens (tertiary/aromatic N) is 1. The fraction of sp³-hybridized carbons (Fsp3) is 0.727. The molecule has 86 valence electrons. The zero-order chi connectivity index (χ0) is 11.5. The van der Waals surface area contributed by atoms with Crippen LogP contribution in [-0.4, -0.2) is 12.1 Å². The molecule has 0 radical (unpaired) electrons. The molecule has 0 bridgehead atoms. The zero-order valence-corrected chi connectivity index (χ0v) is 10.8. The van der Waals surface area contributed by atoms with E-state index in [9.17, 15) is 0 Å². The number of rotatable bonds is 5. The highest BCUT2D eigenvalue weighted by Gasteiger charge is 2.32. The van der Waals surface area contributed by atoms with Crippen molar-refractivity contribution >= 4 is 11.3 Å². The predicted octanol–water partition coefficient (Wildman–Crippen LogP) is 2.57. The van der Waals surface area contributed by atoms with Gasteiger partial charge >= 0.3 is 0 Å². The van der Waals surface area contributed by atoms with E-state index in [2.05, 4.69) is 18.8 Å². The summed E-state index contributed by atoms with van der Waals surface area (Å²) in [6.07, 6.45) is 1.88. The maximum atomic E-state index is 5.66. The van der Waals surface area contributed by atoms with Crippen LogP contribution < -0.4 is 5.73 Å². The first-order valence-electron chi connectivity index (χ1n) is 5.35. The van der Waals surface area contributed by atoms with E-state index in [0.717, 1.165) is 28.4 Å². The van der Waals surface area contributed by atoms with Crippen LogP contribution in [0.1, 0.15) is 42.3 Å². The molecule has 0 atom stereocenters. The third-order valence-corrected chi connectivity index (χ3v) is 4.37. The summed E-state index contributed by atoms with van der Waals surface area (Å²) in [5.74, 6) is 0. The average Bonchev–Trinajstić information content (AvgIpc) is 2.64. The first kappa shape index (κ1) is 12.6. The number of aromatic nitrogens is 1. The third-order valence-electron chi connectivity index (χ3n) is 3.00. The van der Waals surface area contributed by atoms with Crippen molar-refractivity contribution in [3.05, 3.63) is 15.6 Å². The van der Waals surface area contributed by atoms with Crippen molar-refractivity contribution in [2.24, 2.45) is 5.73 Å². The van der Waals surface area contributed by atoms with Crippen molar-refractivity contribution < 1.29 is 4.74 Å². The molecule has 1 heterocycles. The van der Waals surface area contributed by atoms with Crippen LogP contribution in [-0.2, 0) is 16.9 Å². The van der Waals surface area contributed by atoms with Crippen LogP contribution in [0.5, 0.6) is 0 Å². The molecule has 0 fully saturated rings. The van der Waals surface area contributed by atoms with Gasteiger partial charge in [-0.2, -0.15) is 0 Å². The summed E-state index contributed by atoms with van der Waals surface area (Å²) in [6, 6.07) is 0. The molecule has 0 aliphatic heterocycles. The van der Waals surface area contributed by atoms with E-state index in [1.807, 2.05) is 6.92 Å². The summed E-state index contributed by atoms with van der Waals surface area (Å²) >= 11 is 1.68. The van der Waals surface area contributed by atoms with Gasteiger partial charge in [0.05, 0.1) is 5.69 Å².